The smallest absolute Gasteiger partial charge is 0.0419 e. The largest absolute Gasteiger partial charge is 0.0654 e. The molecule has 0 nitrogen and oxygen atoms in total. The maximum atomic E-state index is 2.46. The summed E-state index contributed by atoms with van der Waals surface area (Å²) in [7, 11) is 0. The molecule has 19 heavy (non-hydrogen) atoms. The Bertz CT molecular complexity index is 157. The van der Waals surface area contributed by atoms with Gasteiger partial charge in [0.25, 0.3) is 0 Å². The zero-order chi connectivity index (χ0) is 14.3. The predicted molar refractivity (Wildman–Crippen MR) is 89.7 cm³/mol. The first kappa shape index (κ1) is 19.0. The lowest BCUT2D eigenvalue weighted by molar-refractivity contribution is 0.370. The minimum Gasteiger partial charge on any atom is -0.0654 e. The normalized spacial score (nSPS) is 13.1. The summed E-state index contributed by atoms with van der Waals surface area (Å²) in [4.78, 5) is 0. The van der Waals surface area contributed by atoms with Gasteiger partial charge in [-0.1, -0.05) is 111 Å². The van der Waals surface area contributed by atoms with Crippen LogP contribution in [0, 0.1) is 11.8 Å². The highest BCUT2D eigenvalue weighted by molar-refractivity contribution is 4.60. The molecule has 0 N–H and O–H groups in total. The summed E-state index contributed by atoms with van der Waals surface area (Å²) >= 11 is 0. The highest BCUT2D eigenvalue weighted by atomic mass is 14.1. The Morgan fingerprint density at radius 2 is 1.11 bits per heavy atom. The van der Waals surface area contributed by atoms with E-state index < -0.39 is 0 Å². The molecule has 0 aliphatic carbocycles. The summed E-state index contributed by atoms with van der Waals surface area (Å²) in [6, 6.07) is 0. The monoisotopic (exact) mass is 268 g/mol. The van der Waals surface area contributed by atoms with Crippen LogP contribution in [0.3, 0.4) is 0 Å². The Balaban J connectivity index is 3.26. The van der Waals surface area contributed by atoms with Gasteiger partial charge in [0.1, 0.15) is 0 Å². The van der Waals surface area contributed by atoms with E-state index >= 15 is 0 Å². The minimum atomic E-state index is 0.959. The van der Waals surface area contributed by atoms with Gasteiger partial charge < -0.3 is 0 Å². The average molecular weight is 269 g/mol. The molecule has 1 atom stereocenters. The molecule has 0 amide bonds. The summed E-state index contributed by atoms with van der Waals surface area (Å²) in [5.41, 5.74) is 0. The quantitative estimate of drug-likeness (QED) is 0.288. The fourth-order valence-electron chi connectivity index (χ4n) is 2.99. The van der Waals surface area contributed by atoms with E-state index in [0.29, 0.717) is 0 Å². The summed E-state index contributed by atoms with van der Waals surface area (Å²) in [6.07, 6.45) is 18.8. The van der Waals surface area contributed by atoms with Gasteiger partial charge in [-0.05, 0) is 11.8 Å². The van der Waals surface area contributed by atoms with Crippen molar-refractivity contribution in [2.75, 3.05) is 0 Å². The zero-order valence-electron chi connectivity index (χ0n) is 14.3. The molecule has 0 aliphatic rings. The van der Waals surface area contributed by atoms with Crippen molar-refractivity contribution >= 4 is 0 Å². The van der Waals surface area contributed by atoms with Crippen molar-refractivity contribution in [1.29, 1.82) is 0 Å². The van der Waals surface area contributed by atoms with Gasteiger partial charge in [0.05, 0.1) is 0 Å². The van der Waals surface area contributed by atoms with E-state index in [1.54, 1.807) is 0 Å². The lowest BCUT2D eigenvalue weighted by Gasteiger charge is -2.16. The standard InChI is InChI=1S/C19H40/c1-5-8-9-10-11-12-13-14-15-18(4)16-17-19(6-2)7-3/h18-19H,5-17H2,1-4H3. The molecule has 0 radical (unpaired) electrons. The first-order valence-corrected chi connectivity index (χ1v) is 9.24. The van der Waals surface area contributed by atoms with Crippen LogP contribution < -0.4 is 0 Å². The lowest BCUT2D eigenvalue weighted by Crippen LogP contribution is -2.02. The van der Waals surface area contributed by atoms with Crippen LogP contribution in [0.15, 0.2) is 0 Å². The third kappa shape index (κ3) is 12.8. The van der Waals surface area contributed by atoms with E-state index in [1.165, 1.54) is 83.5 Å². The number of hydrogen-bond donors (Lipinski definition) is 0. The van der Waals surface area contributed by atoms with Crippen LogP contribution in [0.2, 0.25) is 0 Å². The molecule has 116 valence electrons. The molecule has 1 unspecified atom stereocenters. The molecule has 0 spiro atoms. The van der Waals surface area contributed by atoms with Crippen LogP contribution >= 0.6 is 0 Å². The second-order valence-electron chi connectivity index (χ2n) is 6.63. The molecule has 0 bridgehead atoms. The first-order chi connectivity index (χ1) is 9.24. The van der Waals surface area contributed by atoms with E-state index in [-0.39, 0.29) is 0 Å². The number of rotatable bonds is 14. The highest BCUT2D eigenvalue weighted by Crippen LogP contribution is 2.22. The predicted octanol–water partition coefficient (Wildman–Crippen LogP) is 7.37. The molecule has 0 heteroatoms. The Labute approximate surface area is 123 Å². The van der Waals surface area contributed by atoms with Gasteiger partial charge in [-0.2, -0.15) is 0 Å². The van der Waals surface area contributed by atoms with Gasteiger partial charge in [0, 0.05) is 0 Å². The molecule has 0 rings (SSSR count). The van der Waals surface area contributed by atoms with Crippen molar-refractivity contribution in [2.24, 2.45) is 11.8 Å². The van der Waals surface area contributed by atoms with Crippen LogP contribution in [-0.2, 0) is 0 Å². The van der Waals surface area contributed by atoms with Gasteiger partial charge in [-0.3, -0.25) is 0 Å². The second kappa shape index (κ2) is 14.4. The Morgan fingerprint density at radius 1 is 0.579 bits per heavy atom. The maximum Gasteiger partial charge on any atom is -0.0419 e. The van der Waals surface area contributed by atoms with E-state index in [4.69, 9.17) is 0 Å². The number of unbranched alkanes of at least 4 members (excludes halogenated alkanes) is 7. The van der Waals surface area contributed by atoms with E-state index in [2.05, 4.69) is 27.7 Å². The Morgan fingerprint density at radius 3 is 1.63 bits per heavy atom. The van der Waals surface area contributed by atoms with Crippen LogP contribution in [0.25, 0.3) is 0 Å². The SMILES string of the molecule is CCCCCCCCCCC(C)CCC(CC)CC. The van der Waals surface area contributed by atoms with Crippen molar-refractivity contribution in [3.8, 4) is 0 Å². The molecule has 0 aromatic heterocycles. The van der Waals surface area contributed by atoms with Crippen LogP contribution in [-0.4, -0.2) is 0 Å². The van der Waals surface area contributed by atoms with Crippen molar-refractivity contribution < 1.29 is 0 Å². The molecule has 0 aliphatic heterocycles. The molecule has 0 aromatic rings. The fraction of sp³-hybridized carbons (Fsp3) is 1.00. The van der Waals surface area contributed by atoms with Crippen molar-refractivity contribution in [3.63, 3.8) is 0 Å². The number of hydrogen-bond acceptors (Lipinski definition) is 0. The molecule has 0 heterocycles. The van der Waals surface area contributed by atoms with Crippen LogP contribution in [0.5, 0.6) is 0 Å². The molecule has 0 saturated carbocycles. The molecule has 0 saturated heterocycles. The molecular weight excluding hydrogens is 228 g/mol. The van der Waals surface area contributed by atoms with Crippen molar-refractivity contribution in [3.05, 3.63) is 0 Å². The third-order valence-corrected chi connectivity index (χ3v) is 4.77. The lowest BCUT2D eigenvalue weighted by atomic mass is 9.90. The van der Waals surface area contributed by atoms with Gasteiger partial charge >= 0.3 is 0 Å². The average Bonchev–Trinajstić information content (AvgIpc) is 2.43. The molecular formula is C19H40. The van der Waals surface area contributed by atoms with Crippen LogP contribution in [0.1, 0.15) is 111 Å². The minimum absolute atomic E-state index is 0.959. The summed E-state index contributed by atoms with van der Waals surface area (Å²) in [5.74, 6) is 1.95. The van der Waals surface area contributed by atoms with Crippen molar-refractivity contribution in [2.45, 2.75) is 111 Å². The Kier molecular flexibility index (Phi) is 14.4. The van der Waals surface area contributed by atoms with Gasteiger partial charge in [-0.25, -0.2) is 0 Å². The van der Waals surface area contributed by atoms with Crippen molar-refractivity contribution in [1.82, 2.24) is 0 Å². The zero-order valence-corrected chi connectivity index (χ0v) is 14.3. The van der Waals surface area contributed by atoms with Gasteiger partial charge in [0.15, 0.2) is 0 Å². The van der Waals surface area contributed by atoms with Gasteiger partial charge in [0.2, 0.25) is 0 Å². The first-order valence-electron chi connectivity index (χ1n) is 9.24. The fourth-order valence-corrected chi connectivity index (χ4v) is 2.99. The second-order valence-corrected chi connectivity index (χ2v) is 6.63. The maximum absolute atomic E-state index is 2.46. The molecule has 0 aromatic carbocycles. The molecule has 0 fully saturated rings. The van der Waals surface area contributed by atoms with E-state index in [9.17, 15) is 0 Å². The van der Waals surface area contributed by atoms with Gasteiger partial charge in [-0.15, -0.1) is 0 Å². The Hall–Kier alpha value is 0. The van der Waals surface area contributed by atoms with E-state index in [0.717, 1.165) is 11.8 Å². The summed E-state index contributed by atoms with van der Waals surface area (Å²) < 4.78 is 0. The summed E-state index contributed by atoms with van der Waals surface area (Å²) in [5, 5.41) is 0. The third-order valence-electron chi connectivity index (χ3n) is 4.77. The summed E-state index contributed by atoms with van der Waals surface area (Å²) in [6.45, 7) is 9.45. The highest BCUT2D eigenvalue weighted by Gasteiger charge is 2.07. The van der Waals surface area contributed by atoms with E-state index in [1.807, 2.05) is 0 Å². The topological polar surface area (TPSA) is 0 Å². The van der Waals surface area contributed by atoms with Crippen LogP contribution in [0.4, 0.5) is 0 Å².